The Kier molecular flexibility index (Phi) is 5.50. The number of rotatable bonds is 6. The van der Waals surface area contributed by atoms with Crippen molar-refractivity contribution in [1.29, 1.82) is 0 Å². The molecule has 2 aromatic rings. The summed E-state index contributed by atoms with van der Waals surface area (Å²) in [5.74, 6) is 0.249. The predicted octanol–water partition coefficient (Wildman–Crippen LogP) is 1.83. The molecule has 3 heterocycles. The lowest BCUT2D eigenvalue weighted by atomic mass is 10.1. The van der Waals surface area contributed by atoms with E-state index in [1.807, 2.05) is 23.1 Å². The molecular formula is C21H24N4O4. The topological polar surface area (TPSA) is 86.1 Å². The monoisotopic (exact) mass is 396 g/mol. The lowest BCUT2D eigenvalue weighted by Gasteiger charge is -2.36. The Labute approximate surface area is 169 Å². The van der Waals surface area contributed by atoms with Gasteiger partial charge in [0.1, 0.15) is 11.8 Å². The van der Waals surface area contributed by atoms with Crippen LogP contribution >= 0.6 is 0 Å². The van der Waals surface area contributed by atoms with Crippen molar-refractivity contribution in [2.75, 3.05) is 31.1 Å². The van der Waals surface area contributed by atoms with Crippen molar-refractivity contribution < 1.29 is 18.8 Å². The summed E-state index contributed by atoms with van der Waals surface area (Å²) in [6.45, 7) is 2.98. The molecule has 1 atom stereocenters. The molecule has 2 aliphatic rings. The number of anilines is 1. The Morgan fingerprint density at radius 2 is 1.79 bits per heavy atom. The van der Waals surface area contributed by atoms with Crippen LogP contribution in [0.3, 0.4) is 0 Å². The molecule has 2 saturated heterocycles. The third kappa shape index (κ3) is 4.26. The minimum Gasteiger partial charge on any atom is -0.467 e. The summed E-state index contributed by atoms with van der Waals surface area (Å²) in [7, 11) is 0. The number of nitrogens with one attached hydrogen (secondary N) is 1. The number of carbonyl (C=O) groups is 3. The molecule has 8 heteroatoms. The van der Waals surface area contributed by atoms with Gasteiger partial charge in [-0.2, -0.15) is 0 Å². The molecule has 1 N–H and O–H groups in total. The van der Waals surface area contributed by atoms with E-state index in [1.54, 1.807) is 12.1 Å². The first-order valence-corrected chi connectivity index (χ1v) is 9.84. The third-order valence-corrected chi connectivity index (χ3v) is 5.40. The van der Waals surface area contributed by atoms with Crippen LogP contribution < -0.4 is 10.2 Å². The smallest absolute Gasteiger partial charge is 0.325 e. The van der Waals surface area contributed by atoms with Gasteiger partial charge in [0.15, 0.2) is 0 Å². The minimum atomic E-state index is -0.660. The van der Waals surface area contributed by atoms with Crippen molar-refractivity contribution in [2.24, 2.45) is 0 Å². The van der Waals surface area contributed by atoms with Gasteiger partial charge in [-0.1, -0.05) is 18.2 Å². The van der Waals surface area contributed by atoms with Gasteiger partial charge in [-0.05, 0) is 30.7 Å². The van der Waals surface area contributed by atoms with Crippen LogP contribution in [0.4, 0.5) is 10.5 Å². The zero-order valence-electron chi connectivity index (χ0n) is 16.1. The van der Waals surface area contributed by atoms with E-state index < -0.39 is 12.1 Å². The Bertz CT molecular complexity index is 860. The maximum Gasteiger partial charge on any atom is 0.325 e. The highest BCUT2D eigenvalue weighted by Crippen LogP contribution is 2.18. The molecule has 0 radical (unpaired) electrons. The number of hydrogen-bond donors (Lipinski definition) is 1. The summed E-state index contributed by atoms with van der Waals surface area (Å²) >= 11 is 0. The predicted molar refractivity (Wildman–Crippen MR) is 106 cm³/mol. The van der Waals surface area contributed by atoms with Gasteiger partial charge in [-0.3, -0.25) is 14.5 Å². The second-order valence-electron chi connectivity index (χ2n) is 7.25. The molecule has 4 amide bonds. The fourth-order valence-corrected chi connectivity index (χ4v) is 3.76. The van der Waals surface area contributed by atoms with Gasteiger partial charge in [0, 0.05) is 38.3 Å². The number of benzene rings is 1. The van der Waals surface area contributed by atoms with Gasteiger partial charge < -0.3 is 19.5 Å². The van der Waals surface area contributed by atoms with Gasteiger partial charge in [-0.25, -0.2) is 4.79 Å². The number of furan rings is 1. The largest absolute Gasteiger partial charge is 0.467 e. The summed E-state index contributed by atoms with van der Waals surface area (Å²) in [5, 5.41) is 2.67. The molecule has 0 saturated carbocycles. The number of urea groups is 1. The van der Waals surface area contributed by atoms with E-state index in [9.17, 15) is 14.4 Å². The third-order valence-electron chi connectivity index (χ3n) is 5.40. The molecule has 1 aromatic heterocycles. The molecule has 29 heavy (non-hydrogen) atoms. The number of hydrogen-bond acceptors (Lipinski definition) is 5. The highest BCUT2D eigenvalue weighted by atomic mass is 16.3. The molecule has 0 aliphatic carbocycles. The number of para-hydroxylation sites is 1. The highest BCUT2D eigenvalue weighted by molar-refractivity contribution is 6.04. The minimum absolute atomic E-state index is 0.0178. The van der Waals surface area contributed by atoms with Crippen molar-refractivity contribution in [3.8, 4) is 0 Å². The van der Waals surface area contributed by atoms with Crippen molar-refractivity contribution in [3.05, 3.63) is 54.5 Å². The lowest BCUT2D eigenvalue weighted by molar-refractivity contribution is -0.132. The molecule has 0 spiro atoms. The van der Waals surface area contributed by atoms with Crippen LogP contribution in [0.15, 0.2) is 53.1 Å². The molecule has 8 nitrogen and oxygen atoms in total. The Morgan fingerprint density at radius 3 is 2.48 bits per heavy atom. The fraction of sp³-hybridized carbons (Fsp3) is 0.381. The Hall–Kier alpha value is -3.29. The summed E-state index contributed by atoms with van der Waals surface area (Å²) < 4.78 is 5.21. The second-order valence-corrected chi connectivity index (χ2v) is 7.25. The molecule has 2 aliphatic heterocycles. The summed E-state index contributed by atoms with van der Waals surface area (Å²) in [6, 6.07) is 12.5. The first-order valence-electron chi connectivity index (χ1n) is 9.84. The van der Waals surface area contributed by atoms with Gasteiger partial charge in [0.25, 0.3) is 5.91 Å². The summed E-state index contributed by atoms with van der Waals surface area (Å²) in [6.07, 6.45) is 2.04. The van der Waals surface area contributed by atoms with Crippen molar-refractivity contribution >= 4 is 23.5 Å². The maximum atomic E-state index is 12.6. The number of piperazine rings is 1. The zero-order valence-corrected chi connectivity index (χ0v) is 16.1. The van der Waals surface area contributed by atoms with E-state index in [4.69, 9.17) is 4.42 Å². The standard InChI is InChI=1S/C21H24N4O4/c26-19(24-12-10-23(11-13-24)16-5-2-1-3-6-16)9-8-18-20(27)25(21(28)22-18)15-17-7-4-14-29-17/h1-7,14,18H,8-13,15H2,(H,22,28). The van der Waals surface area contributed by atoms with Gasteiger partial charge in [-0.15, -0.1) is 0 Å². The van der Waals surface area contributed by atoms with Crippen LogP contribution in [0.1, 0.15) is 18.6 Å². The SMILES string of the molecule is O=C(CCC1NC(=O)N(Cc2ccco2)C1=O)N1CCN(c2ccccc2)CC1. The normalized spacial score (nSPS) is 19.6. The van der Waals surface area contributed by atoms with Crippen LogP contribution in [0.5, 0.6) is 0 Å². The van der Waals surface area contributed by atoms with E-state index in [0.717, 1.165) is 23.7 Å². The van der Waals surface area contributed by atoms with E-state index in [-0.39, 0.29) is 24.8 Å². The first kappa shape index (κ1) is 19.0. The van der Waals surface area contributed by atoms with Crippen LogP contribution in [0, 0.1) is 0 Å². The van der Waals surface area contributed by atoms with Crippen LogP contribution in [0.2, 0.25) is 0 Å². The number of nitrogens with zero attached hydrogens (tertiary/aromatic N) is 3. The second kappa shape index (κ2) is 8.38. The number of carbonyl (C=O) groups excluding carboxylic acids is 3. The molecule has 2 fully saturated rings. The van der Waals surface area contributed by atoms with Crippen molar-refractivity contribution in [2.45, 2.75) is 25.4 Å². The van der Waals surface area contributed by atoms with E-state index >= 15 is 0 Å². The molecule has 1 unspecified atom stereocenters. The fourth-order valence-electron chi connectivity index (χ4n) is 3.76. The summed E-state index contributed by atoms with van der Waals surface area (Å²) in [4.78, 5) is 42.4. The Balaban J connectivity index is 1.25. The van der Waals surface area contributed by atoms with Gasteiger partial charge >= 0.3 is 6.03 Å². The average molecular weight is 396 g/mol. The first-order chi connectivity index (χ1) is 14.1. The van der Waals surface area contributed by atoms with E-state index in [1.165, 1.54) is 6.26 Å². The van der Waals surface area contributed by atoms with Crippen LogP contribution in [-0.4, -0.2) is 59.9 Å². The lowest BCUT2D eigenvalue weighted by Crippen LogP contribution is -2.49. The highest BCUT2D eigenvalue weighted by Gasteiger charge is 2.38. The van der Waals surface area contributed by atoms with Crippen molar-refractivity contribution in [3.63, 3.8) is 0 Å². The van der Waals surface area contributed by atoms with Crippen LogP contribution in [-0.2, 0) is 16.1 Å². The molecule has 4 rings (SSSR count). The Morgan fingerprint density at radius 1 is 1.03 bits per heavy atom. The number of amides is 4. The molecule has 0 bridgehead atoms. The average Bonchev–Trinajstić information content (AvgIpc) is 3.36. The van der Waals surface area contributed by atoms with Gasteiger partial charge in [0.05, 0.1) is 12.8 Å². The quantitative estimate of drug-likeness (QED) is 0.753. The molecule has 1 aromatic carbocycles. The molecule has 152 valence electrons. The summed E-state index contributed by atoms with van der Waals surface area (Å²) in [5.41, 5.74) is 1.16. The maximum absolute atomic E-state index is 12.6. The molecular weight excluding hydrogens is 372 g/mol. The zero-order chi connectivity index (χ0) is 20.2. The number of imide groups is 1. The van der Waals surface area contributed by atoms with E-state index in [2.05, 4.69) is 22.3 Å². The van der Waals surface area contributed by atoms with Crippen molar-refractivity contribution in [1.82, 2.24) is 15.1 Å². The van der Waals surface area contributed by atoms with E-state index in [0.29, 0.717) is 25.3 Å². The van der Waals surface area contributed by atoms with Crippen LogP contribution in [0.25, 0.3) is 0 Å². The van der Waals surface area contributed by atoms with Gasteiger partial charge in [0.2, 0.25) is 5.91 Å².